The highest BCUT2D eigenvalue weighted by Gasteiger charge is 2.17. The fourth-order valence-corrected chi connectivity index (χ4v) is 3.31. The molecule has 1 unspecified atom stereocenters. The average molecular weight is 360 g/mol. The van der Waals surface area contributed by atoms with Crippen LogP contribution in [0, 0.1) is 5.82 Å². The highest BCUT2D eigenvalue weighted by Crippen LogP contribution is 2.26. The van der Waals surface area contributed by atoms with E-state index in [-0.39, 0.29) is 11.2 Å². The maximum atomic E-state index is 14.0. The number of aryl methyl sites for hydroxylation is 1. The molecule has 0 saturated heterocycles. The Bertz CT molecular complexity index is 830. The van der Waals surface area contributed by atoms with Crippen LogP contribution in [-0.2, 0) is 13.1 Å². The lowest BCUT2D eigenvalue weighted by molar-refractivity contribution is 0.314. The van der Waals surface area contributed by atoms with Gasteiger partial charge in [-0.3, -0.25) is 0 Å². The summed E-state index contributed by atoms with van der Waals surface area (Å²) in [4.78, 5) is 6.71. The van der Waals surface area contributed by atoms with E-state index in [0.29, 0.717) is 5.52 Å². The van der Waals surface area contributed by atoms with Crippen LogP contribution in [0.4, 0.5) is 4.39 Å². The number of aromatic nitrogens is 2. The van der Waals surface area contributed by atoms with Crippen LogP contribution in [0.2, 0.25) is 0 Å². The van der Waals surface area contributed by atoms with Gasteiger partial charge < -0.3 is 9.47 Å². The summed E-state index contributed by atoms with van der Waals surface area (Å²) in [5, 5.41) is -0.256. The van der Waals surface area contributed by atoms with Crippen molar-refractivity contribution >= 4 is 22.6 Å². The fourth-order valence-electron chi connectivity index (χ4n) is 3.14. The van der Waals surface area contributed by atoms with Crippen LogP contribution < -0.4 is 0 Å². The molecule has 0 fully saturated rings. The summed E-state index contributed by atoms with van der Waals surface area (Å²) in [6.45, 7) is 4.50. The number of para-hydroxylation sites is 1. The number of alkyl halides is 1. The van der Waals surface area contributed by atoms with Gasteiger partial charge in [0.2, 0.25) is 0 Å². The van der Waals surface area contributed by atoms with Gasteiger partial charge in [-0.2, -0.15) is 0 Å². The van der Waals surface area contributed by atoms with Crippen molar-refractivity contribution in [1.82, 2.24) is 14.5 Å². The summed E-state index contributed by atoms with van der Waals surface area (Å²) in [6.07, 6.45) is 0.946. The van der Waals surface area contributed by atoms with E-state index in [4.69, 9.17) is 11.6 Å². The molecule has 1 atom stereocenters. The van der Waals surface area contributed by atoms with Gasteiger partial charge in [0.15, 0.2) is 5.82 Å². The van der Waals surface area contributed by atoms with E-state index in [0.717, 1.165) is 37.4 Å². The second kappa shape index (κ2) is 7.98. The lowest BCUT2D eigenvalue weighted by Gasteiger charge is -2.18. The average Bonchev–Trinajstić information content (AvgIpc) is 2.96. The minimum atomic E-state index is -0.295. The van der Waals surface area contributed by atoms with Crippen LogP contribution in [0.15, 0.2) is 48.5 Å². The minimum absolute atomic E-state index is 0.256. The number of hydrogen-bond donors (Lipinski definition) is 0. The zero-order chi connectivity index (χ0) is 17.8. The Morgan fingerprint density at radius 3 is 2.64 bits per heavy atom. The molecule has 0 N–H and O–H groups in total. The van der Waals surface area contributed by atoms with E-state index in [1.165, 1.54) is 11.6 Å². The highest BCUT2D eigenvalue weighted by molar-refractivity contribution is 6.20. The van der Waals surface area contributed by atoms with Gasteiger partial charge in [0.25, 0.3) is 0 Å². The Morgan fingerprint density at radius 2 is 1.92 bits per heavy atom. The Kier molecular flexibility index (Phi) is 5.71. The van der Waals surface area contributed by atoms with Crippen molar-refractivity contribution in [2.24, 2.45) is 0 Å². The van der Waals surface area contributed by atoms with Gasteiger partial charge in [-0.05, 0) is 44.6 Å². The smallest absolute Gasteiger partial charge is 0.151 e. The molecular weight excluding hydrogens is 337 g/mol. The number of nitrogens with zero attached hydrogens (tertiary/aromatic N) is 3. The minimum Gasteiger partial charge on any atom is -0.327 e. The van der Waals surface area contributed by atoms with Crippen LogP contribution in [0.1, 0.15) is 30.1 Å². The first-order chi connectivity index (χ1) is 12.1. The third-order valence-electron chi connectivity index (χ3n) is 4.33. The lowest BCUT2D eigenvalue weighted by atomic mass is 10.2. The van der Waals surface area contributed by atoms with Gasteiger partial charge in [0.1, 0.15) is 11.3 Å². The summed E-state index contributed by atoms with van der Waals surface area (Å²) in [6, 6.07) is 15.5. The lowest BCUT2D eigenvalue weighted by Crippen LogP contribution is -2.20. The molecule has 3 nitrogen and oxygen atoms in total. The van der Waals surface area contributed by atoms with Crippen LogP contribution in [0.5, 0.6) is 0 Å². The predicted octanol–water partition coefficient (Wildman–Crippen LogP) is 5.00. The predicted molar refractivity (Wildman–Crippen MR) is 101 cm³/mol. The summed E-state index contributed by atoms with van der Waals surface area (Å²) in [5.74, 6) is 0.434. The molecule has 0 aliphatic heterocycles. The third-order valence-corrected chi connectivity index (χ3v) is 4.53. The largest absolute Gasteiger partial charge is 0.327 e. The van der Waals surface area contributed by atoms with Gasteiger partial charge in [-0.25, -0.2) is 9.37 Å². The molecule has 0 aliphatic carbocycles. The maximum Gasteiger partial charge on any atom is 0.151 e. The number of halogens is 2. The monoisotopic (exact) mass is 359 g/mol. The number of fused-ring (bicyclic) bond motifs is 1. The molecule has 1 heterocycles. The van der Waals surface area contributed by atoms with Crippen molar-refractivity contribution in [2.75, 3.05) is 13.6 Å². The molecule has 0 bridgehead atoms. The van der Waals surface area contributed by atoms with E-state index in [2.05, 4.69) is 41.2 Å². The second-order valence-corrected chi connectivity index (χ2v) is 7.08. The van der Waals surface area contributed by atoms with Gasteiger partial charge in [0.05, 0.1) is 10.9 Å². The molecule has 0 saturated carbocycles. The molecule has 0 spiro atoms. The maximum absolute atomic E-state index is 14.0. The van der Waals surface area contributed by atoms with Gasteiger partial charge in [0, 0.05) is 13.1 Å². The Hall–Kier alpha value is -1.91. The van der Waals surface area contributed by atoms with E-state index < -0.39 is 0 Å². The van der Waals surface area contributed by atoms with E-state index in [9.17, 15) is 4.39 Å². The molecule has 25 heavy (non-hydrogen) atoms. The fraction of sp³-hybridized carbons (Fsp3) is 0.350. The van der Waals surface area contributed by atoms with Crippen LogP contribution in [0.25, 0.3) is 11.0 Å². The molecule has 0 amide bonds. The standard InChI is InChI=1S/C20H23ClFN3/c1-15(21)20-23-19-17(22)10-6-11-18(19)25(20)13-7-12-24(2)14-16-8-4-3-5-9-16/h3-6,8-11,15H,7,12-14H2,1-2H3. The van der Waals surface area contributed by atoms with Crippen molar-refractivity contribution in [2.45, 2.75) is 31.8 Å². The molecule has 5 heteroatoms. The summed E-state index contributed by atoms with van der Waals surface area (Å²) >= 11 is 6.26. The van der Waals surface area contributed by atoms with Crippen LogP contribution in [0.3, 0.4) is 0 Å². The Balaban J connectivity index is 1.68. The zero-order valence-electron chi connectivity index (χ0n) is 14.6. The first-order valence-electron chi connectivity index (χ1n) is 8.57. The Morgan fingerprint density at radius 1 is 1.16 bits per heavy atom. The number of imidazole rings is 1. The molecule has 3 aromatic rings. The molecule has 0 aliphatic rings. The van der Waals surface area contributed by atoms with Gasteiger partial charge in [-0.1, -0.05) is 36.4 Å². The van der Waals surface area contributed by atoms with Gasteiger partial charge in [-0.15, -0.1) is 11.6 Å². The van der Waals surface area contributed by atoms with Crippen LogP contribution in [-0.4, -0.2) is 28.0 Å². The van der Waals surface area contributed by atoms with E-state index in [1.54, 1.807) is 6.07 Å². The first kappa shape index (κ1) is 17.9. The van der Waals surface area contributed by atoms with Crippen molar-refractivity contribution in [3.05, 3.63) is 65.7 Å². The van der Waals surface area contributed by atoms with Crippen molar-refractivity contribution in [3.8, 4) is 0 Å². The van der Waals surface area contributed by atoms with E-state index >= 15 is 0 Å². The summed E-state index contributed by atoms with van der Waals surface area (Å²) in [7, 11) is 2.11. The summed E-state index contributed by atoms with van der Waals surface area (Å²) < 4.78 is 16.1. The van der Waals surface area contributed by atoms with Gasteiger partial charge >= 0.3 is 0 Å². The molecular formula is C20H23ClFN3. The number of hydrogen-bond acceptors (Lipinski definition) is 2. The normalized spacial score (nSPS) is 12.8. The Labute approximate surface area is 153 Å². The molecule has 3 rings (SSSR count). The topological polar surface area (TPSA) is 21.1 Å². The first-order valence-corrected chi connectivity index (χ1v) is 9.01. The second-order valence-electron chi connectivity index (χ2n) is 6.42. The van der Waals surface area contributed by atoms with Crippen molar-refractivity contribution in [3.63, 3.8) is 0 Å². The van der Waals surface area contributed by atoms with Crippen LogP contribution >= 0.6 is 11.6 Å². The number of benzene rings is 2. The highest BCUT2D eigenvalue weighted by atomic mass is 35.5. The molecule has 2 aromatic carbocycles. The van der Waals surface area contributed by atoms with Crippen molar-refractivity contribution in [1.29, 1.82) is 0 Å². The SMILES string of the molecule is CC(Cl)c1nc2c(F)cccc2n1CCCN(C)Cc1ccccc1. The summed E-state index contributed by atoms with van der Waals surface area (Å²) in [5.41, 5.74) is 2.52. The van der Waals surface area contributed by atoms with Crippen molar-refractivity contribution < 1.29 is 4.39 Å². The third kappa shape index (κ3) is 4.20. The molecule has 0 radical (unpaired) electrons. The quantitative estimate of drug-likeness (QED) is 0.554. The zero-order valence-corrected chi connectivity index (χ0v) is 15.4. The molecule has 132 valence electrons. The number of rotatable bonds is 7. The van der Waals surface area contributed by atoms with E-state index in [1.807, 2.05) is 23.6 Å². The molecule has 1 aromatic heterocycles.